The Labute approximate surface area is 90.8 Å². The van der Waals surface area contributed by atoms with Gasteiger partial charge in [-0.25, -0.2) is 0 Å². The summed E-state index contributed by atoms with van der Waals surface area (Å²) in [6, 6.07) is 0. The molecule has 0 bridgehead atoms. The third-order valence-corrected chi connectivity index (χ3v) is 0.235. The van der Waals surface area contributed by atoms with Crippen LogP contribution in [-0.2, 0) is 14.3 Å². The predicted octanol–water partition coefficient (Wildman–Crippen LogP) is 1.04. The minimum absolute atomic E-state index is 0. The average molecular weight is 257 g/mol. The molecule has 0 atom stereocenters. The van der Waals surface area contributed by atoms with Crippen molar-refractivity contribution < 1.29 is 24.9 Å². The van der Waals surface area contributed by atoms with Gasteiger partial charge in [0.25, 0.3) is 12.9 Å². The quantitative estimate of drug-likeness (QED) is 0.590. The van der Waals surface area contributed by atoms with Gasteiger partial charge in [-0.05, 0) is 6.92 Å². The first-order chi connectivity index (χ1) is 5.56. The first-order valence-electron chi connectivity index (χ1n) is 2.62. The van der Waals surface area contributed by atoms with Crippen LogP contribution >= 0.6 is 34.8 Å². The van der Waals surface area contributed by atoms with Crippen LogP contribution in [0.15, 0.2) is 0 Å². The smallest absolute Gasteiger partial charge is 0.293 e. The van der Waals surface area contributed by atoms with E-state index in [0.717, 1.165) is 0 Å². The van der Waals surface area contributed by atoms with Crippen molar-refractivity contribution in [1.82, 2.24) is 0 Å². The minimum Gasteiger partial charge on any atom is -0.483 e. The molecule has 3 N–H and O–H groups in total. The van der Waals surface area contributed by atoms with Crippen molar-refractivity contribution >= 4 is 47.7 Å². The Morgan fingerprint density at radius 3 is 1.62 bits per heavy atom. The SMILES string of the molecule is CCOC=O.ClC(Cl)Cl.O.O=CO. The molecule has 0 heterocycles. The Morgan fingerprint density at radius 1 is 1.38 bits per heavy atom. The highest BCUT2D eigenvalue weighted by Crippen LogP contribution is 2.03. The summed E-state index contributed by atoms with van der Waals surface area (Å²) in [5.74, 6) is 0. The van der Waals surface area contributed by atoms with E-state index < -0.39 is 4.30 Å². The number of hydrogen-bond donors (Lipinski definition) is 1. The fourth-order valence-corrected chi connectivity index (χ4v) is 0.0680. The summed E-state index contributed by atoms with van der Waals surface area (Å²) in [6.45, 7) is 2.41. The summed E-state index contributed by atoms with van der Waals surface area (Å²) in [6.07, 6.45) is 0. The summed E-state index contributed by atoms with van der Waals surface area (Å²) in [5.41, 5.74) is 0. The molecule has 0 fully saturated rings. The summed E-state index contributed by atoms with van der Waals surface area (Å²) in [5, 5.41) is 6.89. The van der Waals surface area contributed by atoms with Crippen LogP contribution < -0.4 is 0 Å². The van der Waals surface area contributed by atoms with Gasteiger partial charge in [0.15, 0.2) is 4.30 Å². The summed E-state index contributed by atoms with van der Waals surface area (Å²) in [4.78, 5) is 17.5. The number of alkyl halides is 3. The summed E-state index contributed by atoms with van der Waals surface area (Å²) in [7, 11) is 0. The Bertz CT molecular complexity index is 87.5. The number of ether oxygens (including phenoxy) is 1. The van der Waals surface area contributed by atoms with Crippen molar-refractivity contribution in [1.29, 1.82) is 0 Å². The maximum atomic E-state index is 9.18. The normalized spacial score (nSPS) is 6.23. The number of halogens is 3. The van der Waals surface area contributed by atoms with E-state index >= 15 is 0 Å². The van der Waals surface area contributed by atoms with Crippen molar-refractivity contribution in [3.8, 4) is 0 Å². The van der Waals surface area contributed by atoms with Crippen LogP contribution in [-0.4, -0.2) is 34.4 Å². The van der Waals surface area contributed by atoms with Gasteiger partial charge in [0.1, 0.15) is 0 Å². The highest BCUT2D eigenvalue weighted by Gasteiger charge is 1.78. The van der Waals surface area contributed by atoms with Gasteiger partial charge in [-0.3, -0.25) is 9.59 Å². The van der Waals surface area contributed by atoms with Crippen LogP contribution in [0.2, 0.25) is 0 Å². The molecule has 13 heavy (non-hydrogen) atoms. The largest absolute Gasteiger partial charge is 0.483 e. The summed E-state index contributed by atoms with van der Waals surface area (Å²) < 4.78 is 3.40. The summed E-state index contributed by atoms with van der Waals surface area (Å²) >= 11 is 14.4. The lowest BCUT2D eigenvalue weighted by Crippen LogP contribution is -1.80. The second kappa shape index (κ2) is 29.8. The van der Waals surface area contributed by atoms with Crippen molar-refractivity contribution in [3.05, 3.63) is 0 Å². The monoisotopic (exact) mass is 256 g/mol. The number of carboxylic acid groups (broad SMARTS) is 1. The zero-order chi connectivity index (χ0) is 10.4. The molecule has 0 aliphatic rings. The van der Waals surface area contributed by atoms with Crippen LogP contribution in [0.3, 0.4) is 0 Å². The Hall–Kier alpha value is -0.230. The van der Waals surface area contributed by atoms with Gasteiger partial charge in [0, 0.05) is 0 Å². The molecular weight excluding hydrogens is 246 g/mol. The molecule has 0 amide bonds. The highest BCUT2D eigenvalue weighted by molar-refractivity contribution is 6.63. The first-order valence-corrected chi connectivity index (χ1v) is 3.93. The zero-order valence-corrected chi connectivity index (χ0v) is 9.01. The molecule has 0 aromatic carbocycles. The minimum atomic E-state index is -0.750. The molecule has 82 valence electrons. The molecule has 0 spiro atoms. The fourth-order valence-electron chi connectivity index (χ4n) is 0.0680. The molecule has 0 unspecified atom stereocenters. The van der Waals surface area contributed by atoms with Crippen molar-refractivity contribution in [2.45, 2.75) is 11.2 Å². The molecule has 0 rings (SSSR count). The number of hydrogen-bond acceptors (Lipinski definition) is 3. The molecule has 0 aromatic rings. The number of carbonyl (C=O) groups is 2. The molecule has 5 nitrogen and oxygen atoms in total. The lowest BCUT2D eigenvalue weighted by molar-refractivity contribution is -0.128. The number of rotatable bonds is 2. The first kappa shape index (κ1) is 23.0. The van der Waals surface area contributed by atoms with E-state index in [0.29, 0.717) is 13.1 Å². The maximum Gasteiger partial charge on any atom is 0.293 e. The molecule has 0 radical (unpaired) electrons. The van der Waals surface area contributed by atoms with E-state index in [2.05, 4.69) is 4.74 Å². The third-order valence-electron chi connectivity index (χ3n) is 0.235. The molecule has 0 aliphatic heterocycles. The topological polar surface area (TPSA) is 95.1 Å². The Morgan fingerprint density at radius 2 is 1.62 bits per heavy atom. The van der Waals surface area contributed by atoms with Crippen LogP contribution in [0.5, 0.6) is 0 Å². The highest BCUT2D eigenvalue weighted by atomic mass is 35.6. The van der Waals surface area contributed by atoms with Crippen molar-refractivity contribution in [2.24, 2.45) is 0 Å². The second-order valence-electron chi connectivity index (χ2n) is 0.904. The van der Waals surface area contributed by atoms with Crippen LogP contribution in [0.1, 0.15) is 6.92 Å². The molecule has 0 aliphatic carbocycles. The maximum absolute atomic E-state index is 9.18. The van der Waals surface area contributed by atoms with E-state index in [4.69, 9.17) is 44.7 Å². The average Bonchev–Trinajstić information content (AvgIpc) is 1.89. The van der Waals surface area contributed by atoms with E-state index in [-0.39, 0.29) is 11.9 Å². The molecule has 8 heteroatoms. The van der Waals surface area contributed by atoms with Crippen LogP contribution in [0.4, 0.5) is 0 Å². The molecule has 0 aromatic heterocycles. The molecule has 0 saturated carbocycles. The van der Waals surface area contributed by atoms with Crippen LogP contribution in [0.25, 0.3) is 0 Å². The van der Waals surface area contributed by atoms with Gasteiger partial charge in [0.05, 0.1) is 6.61 Å². The molecular formula is C5H11Cl3O5. The van der Waals surface area contributed by atoms with Crippen molar-refractivity contribution in [2.75, 3.05) is 6.61 Å². The van der Waals surface area contributed by atoms with Gasteiger partial charge < -0.3 is 15.3 Å². The van der Waals surface area contributed by atoms with Gasteiger partial charge in [-0.2, -0.15) is 0 Å². The zero-order valence-electron chi connectivity index (χ0n) is 6.75. The molecule has 0 saturated heterocycles. The van der Waals surface area contributed by atoms with E-state index in [1.807, 2.05) is 0 Å². The standard InChI is InChI=1S/C3H6O2.CHCl3.CH2O2.H2O/c1-2-5-3-4;2-1(3)4;2-1-3;/h3H,2H2,1H3;1H;1H,(H,2,3);1H2. The lowest BCUT2D eigenvalue weighted by atomic mass is 10.9. The van der Waals surface area contributed by atoms with E-state index in [9.17, 15) is 4.79 Å². The van der Waals surface area contributed by atoms with E-state index in [1.54, 1.807) is 6.92 Å². The van der Waals surface area contributed by atoms with Crippen molar-refractivity contribution in [3.63, 3.8) is 0 Å². The third kappa shape index (κ3) is 359. The second-order valence-corrected chi connectivity index (χ2v) is 2.88. The van der Waals surface area contributed by atoms with Gasteiger partial charge in [-0.1, -0.05) is 34.8 Å². The Balaban J connectivity index is -0.0000000465. The van der Waals surface area contributed by atoms with E-state index in [1.165, 1.54) is 0 Å². The number of carbonyl (C=O) groups excluding carboxylic acids is 1. The fraction of sp³-hybridized carbons (Fsp3) is 0.600. The van der Waals surface area contributed by atoms with Gasteiger partial charge in [-0.15, -0.1) is 0 Å². The predicted molar refractivity (Wildman–Crippen MR) is 51.3 cm³/mol. The lowest BCUT2D eigenvalue weighted by Gasteiger charge is -1.79. The van der Waals surface area contributed by atoms with Gasteiger partial charge >= 0.3 is 0 Å². The van der Waals surface area contributed by atoms with Crippen LogP contribution in [0, 0.1) is 0 Å². The Kier molecular flexibility index (Phi) is 52.7. The van der Waals surface area contributed by atoms with Gasteiger partial charge in [0.2, 0.25) is 0 Å².